The zero-order valence-corrected chi connectivity index (χ0v) is 10.3. The van der Waals surface area contributed by atoms with Crippen LogP contribution in [-0.4, -0.2) is 8.42 Å². The van der Waals surface area contributed by atoms with Crippen LogP contribution in [0.2, 0.25) is 0 Å². The minimum atomic E-state index is -3.66. The first-order valence-corrected chi connectivity index (χ1v) is 6.71. The van der Waals surface area contributed by atoms with Gasteiger partial charge in [0.15, 0.2) is 0 Å². The highest BCUT2D eigenvalue weighted by molar-refractivity contribution is 9.13. The first kappa shape index (κ1) is 10.5. The molecular weight excluding hydrogens is 331 g/mol. The minimum absolute atomic E-state index is 0.0681. The largest absolute Gasteiger partial charge is 0.262 e. The Morgan fingerprint density at radius 3 is 2.25 bits per heavy atom. The highest BCUT2D eigenvalue weighted by Gasteiger charge is 2.15. The van der Waals surface area contributed by atoms with E-state index in [0.29, 0.717) is 8.95 Å². The van der Waals surface area contributed by atoms with Crippen LogP contribution < -0.4 is 0 Å². The van der Waals surface area contributed by atoms with Crippen molar-refractivity contribution in [3.05, 3.63) is 27.1 Å². The van der Waals surface area contributed by atoms with Crippen molar-refractivity contribution in [1.82, 2.24) is 0 Å². The Hall–Kier alpha value is 0.420. The maximum Gasteiger partial charge on any atom is 0.262 e. The minimum Gasteiger partial charge on any atom is -0.207 e. The first-order valence-electron chi connectivity index (χ1n) is 2.81. The van der Waals surface area contributed by atoms with Crippen molar-refractivity contribution in [1.29, 1.82) is 0 Å². The third-order valence-electron chi connectivity index (χ3n) is 1.18. The zero-order valence-electron chi connectivity index (χ0n) is 5.59. The zero-order chi connectivity index (χ0) is 9.35. The van der Waals surface area contributed by atoms with Crippen molar-refractivity contribution < 1.29 is 8.42 Å². The summed E-state index contributed by atoms with van der Waals surface area (Å²) in [6, 6.07) is 4.75. The summed E-state index contributed by atoms with van der Waals surface area (Å²) < 4.78 is 22.9. The van der Waals surface area contributed by atoms with Crippen LogP contribution in [-0.2, 0) is 9.05 Å². The van der Waals surface area contributed by atoms with E-state index in [1.54, 1.807) is 12.1 Å². The molecule has 0 bridgehead atoms. The molecule has 0 saturated carbocycles. The van der Waals surface area contributed by atoms with Gasteiger partial charge in [-0.2, -0.15) is 0 Å². The van der Waals surface area contributed by atoms with Gasteiger partial charge in [-0.1, -0.05) is 6.07 Å². The van der Waals surface area contributed by atoms with E-state index in [1.165, 1.54) is 6.07 Å². The molecule has 0 aromatic heterocycles. The Morgan fingerprint density at radius 2 is 1.83 bits per heavy atom. The van der Waals surface area contributed by atoms with E-state index in [1.807, 2.05) is 0 Å². The molecule has 12 heavy (non-hydrogen) atoms. The summed E-state index contributed by atoms with van der Waals surface area (Å²) in [7, 11) is 1.50. The summed E-state index contributed by atoms with van der Waals surface area (Å²) in [5.74, 6) is 0. The summed E-state index contributed by atoms with van der Waals surface area (Å²) in [5.41, 5.74) is 0. The Kier molecular flexibility index (Phi) is 3.20. The molecule has 0 aliphatic carbocycles. The highest BCUT2D eigenvalue weighted by atomic mass is 79.9. The molecule has 6 heteroatoms. The average molecular weight is 334 g/mol. The van der Waals surface area contributed by atoms with E-state index >= 15 is 0 Å². The second-order valence-electron chi connectivity index (χ2n) is 1.99. The van der Waals surface area contributed by atoms with Crippen LogP contribution in [0.1, 0.15) is 0 Å². The van der Waals surface area contributed by atoms with E-state index in [9.17, 15) is 8.42 Å². The van der Waals surface area contributed by atoms with Crippen LogP contribution in [0.15, 0.2) is 32.0 Å². The molecule has 0 unspecified atom stereocenters. The Bertz CT molecular complexity index is 402. The normalized spacial score (nSPS) is 11.6. The standard InChI is InChI=1S/C6H3Br2ClO2S/c7-4-2-1-3-5(6(4)8)12(9,10)11/h1-3H. The summed E-state index contributed by atoms with van der Waals surface area (Å²) in [4.78, 5) is 0.0681. The molecule has 0 fully saturated rings. The molecule has 66 valence electrons. The number of benzene rings is 1. The topological polar surface area (TPSA) is 34.1 Å². The number of hydrogen-bond acceptors (Lipinski definition) is 2. The fourth-order valence-electron chi connectivity index (χ4n) is 0.672. The van der Waals surface area contributed by atoms with E-state index in [2.05, 4.69) is 31.9 Å². The van der Waals surface area contributed by atoms with Crippen molar-refractivity contribution >= 4 is 51.6 Å². The summed E-state index contributed by atoms with van der Waals surface area (Å²) in [6.45, 7) is 0. The number of hydrogen-bond donors (Lipinski definition) is 0. The molecule has 0 aliphatic heterocycles. The molecule has 1 rings (SSSR count). The monoisotopic (exact) mass is 332 g/mol. The van der Waals surface area contributed by atoms with Gasteiger partial charge in [0.25, 0.3) is 9.05 Å². The fourth-order valence-corrected chi connectivity index (χ4v) is 3.30. The Labute approximate surface area is 91.6 Å². The van der Waals surface area contributed by atoms with Crippen LogP contribution in [0.25, 0.3) is 0 Å². The van der Waals surface area contributed by atoms with Gasteiger partial charge in [0, 0.05) is 15.2 Å². The van der Waals surface area contributed by atoms with Gasteiger partial charge in [-0.15, -0.1) is 0 Å². The van der Waals surface area contributed by atoms with Crippen LogP contribution >= 0.6 is 42.5 Å². The van der Waals surface area contributed by atoms with Crippen LogP contribution in [0.3, 0.4) is 0 Å². The third kappa shape index (κ3) is 2.22. The fraction of sp³-hybridized carbons (Fsp3) is 0. The molecule has 0 saturated heterocycles. The Morgan fingerprint density at radius 1 is 1.25 bits per heavy atom. The SMILES string of the molecule is O=S(=O)(Cl)c1cccc(Br)c1Br. The van der Waals surface area contributed by atoms with Crippen LogP contribution in [0.5, 0.6) is 0 Å². The van der Waals surface area contributed by atoms with Crippen molar-refractivity contribution in [3.63, 3.8) is 0 Å². The number of halogens is 3. The molecule has 1 aromatic carbocycles. The molecule has 0 amide bonds. The van der Waals surface area contributed by atoms with Crippen molar-refractivity contribution in [2.45, 2.75) is 4.90 Å². The maximum absolute atomic E-state index is 10.9. The first-order chi connectivity index (χ1) is 5.43. The Balaban J connectivity index is 3.47. The van der Waals surface area contributed by atoms with Crippen LogP contribution in [0, 0.1) is 0 Å². The maximum atomic E-state index is 10.9. The lowest BCUT2D eigenvalue weighted by Gasteiger charge is -2.00. The van der Waals surface area contributed by atoms with Gasteiger partial charge in [-0.25, -0.2) is 8.42 Å². The van der Waals surface area contributed by atoms with Gasteiger partial charge >= 0.3 is 0 Å². The molecule has 2 nitrogen and oxygen atoms in total. The predicted molar refractivity (Wildman–Crippen MR) is 54.9 cm³/mol. The van der Waals surface area contributed by atoms with Gasteiger partial charge < -0.3 is 0 Å². The lowest BCUT2D eigenvalue weighted by Crippen LogP contribution is -1.91. The lowest BCUT2D eigenvalue weighted by atomic mass is 10.4. The average Bonchev–Trinajstić information content (AvgIpc) is 1.92. The molecular formula is C6H3Br2ClO2S. The van der Waals surface area contributed by atoms with Gasteiger partial charge in [-0.3, -0.25) is 0 Å². The van der Waals surface area contributed by atoms with E-state index in [4.69, 9.17) is 10.7 Å². The van der Waals surface area contributed by atoms with Crippen molar-refractivity contribution in [2.75, 3.05) is 0 Å². The van der Waals surface area contributed by atoms with Crippen molar-refractivity contribution in [3.8, 4) is 0 Å². The van der Waals surface area contributed by atoms with Gasteiger partial charge in [0.2, 0.25) is 0 Å². The van der Waals surface area contributed by atoms with Crippen molar-refractivity contribution in [2.24, 2.45) is 0 Å². The molecule has 0 heterocycles. The molecule has 0 spiro atoms. The predicted octanol–water partition coefficient (Wildman–Crippen LogP) is 3.14. The van der Waals surface area contributed by atoms with E-state index in [0.717, 1.165) is 0 Å². The van der Waals surface area contributed by atoms with Crippen LogP contribution in [0.4, 0.5) is 0 Å². The highest BCUT2D eigenvalue weighted by Crippen LogP contribution is 2.31. The summed E-state index contributed by atoms with van der Waals surface area (Å²) in [6.07, 6.45) is 0. The quantitative estimate of drug-likeness (QED) is 0.740. The molecule has 0 aliphatic rings. The van der Waals surface area contributed by atoms with Gasteiger partial charge in [0.05, 0.1) is 9.37 Å². The summed E-state index contributed by atoms with van der Waals surface area (Å²) in [5, 5.41) is 0. The summed E-state index contributed by atoms with van der Waals surface area (Å²) >= 11 is 6.27. The van der Waals surface area contributed by atoms with E-state index < -0.39 is 9.05 Å². The molecule has 0 N–H and O–H groups in total. The second-order valence-corrected chi connectivity index (χ2v) is 6.17. The lowest BCUT2D eigenvalue weighted by molar-refractivity contribution is 0.609. The van der Waals surface area contributed by atoms with Gasteiger partial charge in [0.1, 0.15) is 0 Å². The molecule has 0 atom stereocenters. The number of rotatable bonds is 1. The third-order valence-corrected chi connectivity index (χ3v) is 4.85. The van der Waals surface area contributed by atoms with Gasteiger partial charge in [-0.05, 0) is 44.0 Å². The smallest absolute Gasteiger partial charge is 0.207 e. The van der Waals surface area contributed by atoms with E-state index in [-0.39, 0.29) is 4.90 Å². The molecule has 0 radical (unpaired) electrons. The molecule has 1 aromatic rings. The second kappa shape index (κ2) is 3.65.